The Morgan fingerprint density at radius 1 is 1.38 bits per heavy atom. The summed E-state index contributed by atoms with van der Waals surface area (Å²) >= 11 is 0. The molecule has 2 aromatic rings. The SMILES string of the molecule is CCn1ncc(C(=O)NCc2nn(C)c3c2CN(S(C)(=O)=O)CC3)c1C. The number of nitrogens with zero attached hydrogens (tertiary/aromatic N) is 5. The zero-order valence-electron chi connectivity index (χ0n) is 15.5. The van der Waals surface area contributed by atoms with Crippen LogP contribution in [0.3, 0.4) is 0 Å². The van der Waals surface area contributed by atoms with Gasteiger partial charge in [-0.2, -0.15) is 14.5 Å². The Morgan fingerprint density at radius 2 is 2.12 bits per heavy atom. The van der Waals surface area contributed by atoms with Crippen molar-refractivity contribution in [2.75, 3.05) is 12.8 Å². The maximum atomic E-state index is 12.5. The molecule has 3 heterocycles. The second-order valence-electron chi connectivity index (χ2n) is 6.48. The molecule has 1 N–H and O–H groups in total. The average Bonchev–Trinajstić information content (AvgIpc) is 3.12. The molecule has 2 aromatic heterocycles. The van der Waals surface area contributed by atoms with Gasteiger partial charge in [0.1, 0.15) is 0 Å². The summed E-state index contributed by atoms with van der Waals surface area (Å²) in [4.78, 5) is 12.5. The lowest BCUT2D eigenvalue weighted by atomic mass is 10.1. The second-order valence-corrected chi connectivity index (χ2v) is 8.47. The number of aryl methyl sites for hydroxylation is 2. The highest BCUT2D eigenvalue weighted by molar-refractivity contribution is 7.88. The van der Waals surface area contributed by atoms with Crippen LogP contribution in [0.2, 0.25) is 0 Å². The summed E-state index contributed by atoms with van der Waals surface area (Å²) in [7, 11) is -1.42. The van der Waals surface area contributed by atoms with Crippen LogP contribution in [0.5, 0.6) is 0 Å². The minimum Gasteiger partial charge on any atom is -0.346 e. The van der Waals surface area contributed by atoms with E-state index in [1.54, 1.807) is 15.6 Å². The molecule has 0 aromatic carbocycles. The first kappa shape index (κ1) is 18.6. The van der Waals surface area contributed by atoms with Gasteiger partial charge in [0.15, 0.2) is 0 Å². The van der Waals surface area contributed by atoms with Crippen molar-refractivity contribution < 1.29 is 13.2 Å². The van der Waals surface area contributed by atoms with Crippen LogP contribution in [-0.4, -0.2) is 51.0 Å². The summed E-state index contributed by atoms with van der Waals surface area (Å²) in [6.45, 7) is 5.52. The van der Waals surface area contributed by atoms with Crippen LogP contribution in [0.1, 0.15) is 39.9 Å². The smallest absolute Gasteiger partial charge is 0.255 e. The van der Waals surface area contributed by atoms with Gasteiger partial charge in [0, 0.05) is 50.1 Å². The number of aromatic nitrogens is 4. The van der Waals surface area contributed by atoms with Crippen molar-refractivity contribution in [1.82, 2.24) is 29.2 Å². The Bertz CT molecular complexity index is 944. The summed E-state index contributed by atoms with van der Waals surface area (Å²) in [5.74, 6) is -0.211. The van der Waals surface area contributed by atoms with Crippen LogP contribution in [0.4, 0.5) is 0 Å². The average molecular weight is 380 g/mol. The third-order valence-corrected chi connectivity index (χ3v) is 6.07. The molecule has 26 heavy (non-hydrogen) atoms. The third-order valence-electron chi connectivity index (χ3n) is 4.82. The van der Waals surface area contributed by atoms with Crippen LogP contribution in [0.15, 0.2) is 6.20 Å². The molecular weight excluding hydrogens is 356 g/mol. The van der Waals surface area contributed by atoms with Gasteiger partial charge in [0.2, 0.25) is 10.0 Å². The number of sulfonamides is 1. The molecule has 0 unspecified atom stereocenters. The molecule has 0 fully saturated rings. The molecule has 0 saturated carbocycles. The maximum Gasteiger partial charge on any atom is 0.255 e. The zero-order chi connectivity index (χ0) is 19.1. The minimum atomic E-state index is -3.26. The number of fused-ring (bicyclic) bond motifs is 1. The van der Waals surface area contributed by atoms with Gasteiger partial charge in [-0.3, -0.25) is 14.2 Å². The van der Waals surface area contributed by atoms with Crippen LogP contribution in [0.25, 0.3) is 0 Å². The van der Waals surface area contributed by atoms with Gasteiger partial charge in [-0.05, 0) is 13.8 Å². The topological polar surface area (TPSA) is 102 Å². The van der Waals surface area contributed by atoms with Crippen LogP contribution >= 0.6 is 0 Å². The highest BCUT2D eigenvalue weighted by atomic mass is 32.2. The number of carbonyl (C=O) groups is 1. The molecule has 10 heteroatoms. The van der Waals surface area contributed by atoms with Gasteiger partial charge in [-0.25, -0.2) is 8.42 Å². The quantitative estimate of drug-likeness (QED) is 0.798. The van der Waals surface area contributed by atoms with Crippen molar-refractivity contribution in [3.8, 4) is 0 Å². The van der Waals surface area contributed by atoms with Crippen LogP contribution in [-0.2, 0) is 43.1 Å². The fourth-order valence-electron chi connectivity index (χ4n) is 3.32. The molecule has 0 bridgehead atoms. The van der Waals surface area contributed by atoms with Crippen molar-refractivity contribution in [3.05, 3.63) is 34.4 Å². The number of hydrogen-bond donors (Lipinski definition) is 1. The standard InChI is InChI=1S/C16H24N6O3S/c1-5-22-11(2)12(8-18-22)16(23)17-9-14-13-10-21(26(4,24)25)7-6-15(13)20(3)19-14/h8H,5-7,9-10H2,1-4H3,(H,17,23). The van der Waals surface area contributed by atoms with E-state index in [0.29, 0.717) is 37.3 Å². The summed E-state index contributed by atoms with van der Waals surface area (Å²) in [5, 5.41) is 11.5. The molecule has 0 radical (unpaired) electrons. The molecule has 1 aliphatic heterocycles. The van der Waals surface area contributed by atoms with Gasteiger partial charge in [0.05, 0.1) is 30.3 Å². The molecule has 1 aliphatic rings. The monoisotopic (exact) mass is 380 g/mol. The Hall–Kier alpha value is -2.20. The Morgan fingerprint density at radius 3 is 2.73 bits per heavy atom. The van der Waals surface area contributed by atoms with E-state index in [9.17, 15) is 13.2 Å². The van der Waals surface area contributed by atoms with E-state index in [1.165, 1.54) is 10.6 Å². The Balaban J connectivity index is 1.77. The second kappa shape index (κ2) is 6.84. The lowest BCUT2D eigenvalue weighted by Crippen LogP contribution is -2.36. The van der Waals surface area contributed by atoms with E-state index in [2.05, 4.69) is 15.5 Å². The van der Waals surface area contributed by atoms with E-state index < -0.39 is 10.0 Å². The highest BCUT2D eigenvalue weighted by Crippen LogP contribution is 2.23. The number of hydrogen-bond acceptors (Lipinski definition) is 5. The number of carbonyl (C=O) groups excluding carboxylic acids is 1. The summed E-state index contributed by atoms with van der Waals surface area (Å²) in [6.07, 6.45) is 3.39. The normalized spacial score (nSPS) is 15.1. The summed E-state index contributed by atoms with van der Waals surface area (Å²) in [5.41, 5.74) is 3.95. The molecule has 1 amide bonds. The van der Waals surface area contributed by atoms with Gasteiger partial charge >= 0.3 is 0 Å². The number of rotatable bonds is 5. The molecule has 0 aliphatic carbocycles. The van der Waals surface area contributed by atoms with E-state index in [1.807, 2.05) is 20.9 Å². The van der Waals surface area contributed by atoms with Crippen molar-refractivity contribution in [3.63, 3.8) is 0 Å². The highest BCUT2D eigenvalue weighted by Gasteiger charge is 2.28. The molecule has 3 rings (SSSR count). The van der Waals surface area contributed by atoms with Crippen LogP contribution in [0, 0.1) is 6.92 Å². The van der Waals surface area contributed by atoms with Gasteiger partial charge in [-0.1, -0.05) is 0 Å². The molecule has 9 nitrogen and oxygen atoms in total. The molecule has 0 atom stereocenters. The van der Waals surface area contributed by atoms with Crippen LogP contribution < -0.4 is 5.32 Å². The molecule has 0 spiro atoms. The van der Waals surface area contributed by atoms with E-state index in [4.69, 9.17) is 0 Å². The van der Waals surface area contributed by atoms with Gasteiger partial charge in [0.25, 0.3) is 5.91 Å². The molecular formula is C16H24N6O3S. The lowest BCUT2D eigenvalue weighted by Gasteiger charge is -2.25. The minimum absolute atomic E-state index is 0.211. The Labute approximate surface area is 153 Å². The largest absolute Gasteiger partial charge is 0.346 e. The van der Waals surface area contributed by atoms with Gasteiger partial charge in [-0.15, -0.1) is 0 Å². The predicted octanol–water partition coefficient (Wildman–Crippen LogP) is 0.193. The summed E-state index contributed by atoms with van der Waals surface area (Å²) < 4.78 is 28.7. The van der Waals surface area contributed by atoms with Gasteiger partial charge < -0.3 is 5.32 Å². The van der Waals surface area contributed by atoms with E-state index in [-0.39, 0.29) is 12.5 Å². The predicted molar refractivity (Wildman–Crippen MR) is 96.0 cm³/mol. The first-order valence-electron chi connectivity index (χ1n) is 8.51. The van der Waals surface area contributed by atoms with Crippen molar-refractivity contribution in [2.45, 2.75) is 39.9 Å². The zero-order valence-corrected chi connectivity index (χ0v) is 16.3. The molecule has 0 saturated heterocycles. The fourth-order valence-corrected chi connectivity index (χ4v) is 4.10. The Kier molecular flexibility index (Phi) is 4.89. The van der Waals surface area contributed by atoms with Crippen molar-refractivity contribution in [1.29, 1.82) is 0 Å². The number of amides is 1. The molecule has 142 valence electrons. The maximum absolute atomic E-state index is 12.5. The van der Waals surface area contributed by atoms with Crippen molar-refractivity contribution >= 4 is 15.9 Å². The number of nitrogens with one attached hydrogen (secondary N) is 1. The van der Waals surface area contributed by atoms with E-state index in [0.717, 1.165) is 17.0 Å². The summed E-state index contributed by atoms with van der Waals surface area (Å²) in [6, 6.07) is 0. The fraction of sp³-hybridized carbons (Fsp3) is 0.562. The first-order chi connectivity index (χ1) is 12.2. The first-order valence-corrected chi connectivity index (χ1v) is 10.4. The van der Waals surface area contributed by atoms with E-state index >= 15 is 0 Å². The van der Waals surface area contributed by atoms with Crippen molar-refractivity contribution in [2.24, 2.45) is 7.05 Å². The lowest BCUT2D eigenvalue weighted by molar-refractivity contribution is 0.0949. The third kappa shape index (κ3) is 3.38.